The molecule has 5 rings (SSSR count). The largest absolute Gasteiger partial charge is 0.124 e. The maximum Gasteiger partial charge on any atom is 0.124 e. The zero-order valence-corrected chi connectivity index (χ0v) is 14.7. The van der Waals surface area contributed by atoms with Crippen molar-refractivity contribution in [1.29, 1.82) is 0 Å². The Bertz CT molecular complexity index is 1050. The molecule has 25 heavy (non-hydrogen) atoms. The van der Waals surface area contributed by atoms with Crippen LogP contribution >= 0.6 is 0 Å². The number of hydrogen-bond donors (Lipinski definition) is 0. The fourth-order valence-electron chi connectivity index (χ4n) is 3.68. The van der Waals surface area contributed by atoms with E-state index in [1.807, 2.05) is 0 Å². The van der Waals surface area contributed by atoms with E-state index in [2.05, 4.69) is 97.1 Å². The minimum Gasteiger partial charge on any atom is -0.0625 e. The minimum absolute atomic E-state index is 0.716. The highest BCUT2D eigenvalue weighted by Crippen LogP contribution is 2.35. The van der Waals surface area contributed by atoms with Crippen LogP contribution in [0.15, 0.2) is 97.1 Å². The van der Waals surface area contributed by atoms with Crippen LogP contribution in [0.2, 0.25) is 0 Å². The molecule has 2 radical (unpaired) electrons. The summed E-state index contributed by atoms with van der Waals surface area (Å²) in [4.78, 5) is 0. The van der Waals surface area contributed by atoms with E-state index in [9.17, 15) is 0 Å². The van der Waals surface area contributed by atoms with E-state index in [0.29, 0.717) is 9.52 Å². The molecule has 0 bridgehead atoms. The molecule has 4 aromatic carbocycles. The topological polar surface area (TPSA) is 0 Å². The van der Waals surface area contributed by atoms with E-state index in [1.165, 1.54) is 43.8 Å². The van der Waals surface area contributed by atoms with Gasteiger partial charge < -0.3 is 0 Å². The lowest BCUT2D eigenvalue weighted by atomic mass is 9.91. The van der Waals surface area contributed by atoms with E-state index in [0.717, 1.165) is 0 Å². The van der Waals surface area contributed by atoms with Crippen LogP contribution in [0.25, 0.3) is 33.4 Å². The third-order valence-electron chi connectivity index (χ3n) is 4.83. The highest BCUT2D eigenvalue weighted by atomic mass is 28.2. The Hall–Kier alpha value is -2.90. The van der Waals surface area contributed by atoms with E-state index < -0.39 is 0 Å². The highest BCUT2D eigenvalue weighted by molar-refractivity contribution is 6.75. The molecule has 0 fully saturated rings. The van der Waals surface area contributed by atoms with Crippen molar-refractivity contribution in [3.8, 4) is 33.4 Å². The Balaban J connectivity index is 1.82. The minimum atomic E-state index is 0.716. The summed E-state index contributed by atoms with van der Waals surface area (Å²) < 4.78 is 0. The second kappa shape index (κ2) is 5.87. The molecule has 0 saturated heterocycles. The summed E-state index contributed by atoms with van der Waals surface area (Å²) in [5, 5.41) is 2.94. The number of fused-ring (bicyclic) bond motifs is 3. The fraction of sp³-hybridized carbons (Fsp3) is 0. The molecule has 0 amide bonds. The van der Waals surface area contributed by atoms with Crippen molar-refractivity contribution in [2.24, 2.45) is 0 Å². The average molecular weight is 332 g/mol. The Morgan fingerprint density at radius 2 is 1.04 bits per heavy atom. The van der Waals surface area contributed by atoms with Crippen LogP contribution in [0.1, 0.15) is 0 Å². The first-order chi connectivity index (χ1) is 12.4. The van der Waals surface area contributed by atoms with Crippen LogP contribution in [-0.2, 0) is 0 Å². The summed E-state index contributed by atoms with van der Waals surface area (Å²) in [5.74, 6) is 0. The second-order valence-corrected chi connectivity index (χ2v) is 7.60. The normalized spacial score (nSPS) is 11.8. The van der Waals surface area contributed by atoms with Gasteiger partial charge in [-0.25, -0.2) is 0 Å². The van der Waals surface area contributed by atoms with Gasteiger partial charge in [-0.3, -0.25) is 0 Å². The van der Waals surface area contributed by atoms with Gasteiger partial charge in [-0.1, -0.05) is 102 Å². The molecule has 1 heteroatoms. The summed E-state index contributed by atoms with van der Waals surface area (Å²) in [6.45, 7) is 0. The van der Waals surface area contributed by atoms with Gasteiger partial charge >= 0.3 is 0 Å². The van der Waals surface area contributed by atoms with Gasteiger partial charge in [-0.05, 0) is 38.6 Å². The van der Waals surface area contributed by atoms with E-state index in [1.54, 1.807) is 0 Å². The predicted molar refractivity (Wildman–Crippen MR) is 108 cm³/mol. The Kier molecular flexibility index (Phi) is 3.39. The van der Waals surface area contributed by atoms with Crippen LogP contribution < -0.4 is 10.4 Å². The first-order valence-electron chi connectivity index (χ1n) is 8.56. The van der Waals surface area contributed by atoms with Crippen molar-refractivity contribution in [2.45, 2.75) is 0 Å². The molecule has 0 spiro atoms. The van der Waals surface area contributed by atoms with Crippen molar-refractivity contribution in [3.05, 3.63) is 97.1 Å². The van der Waals surface area contributed by atoms with E-state index in [-0.39, 0.29) is 0 Å². The van der Waals surface area contributed by atoms with Gasteiger partial charge in [0.1, 0.15) is 9.52 Å². The van der Waals surface area contributed by atoms with Gasteiger partial charge in [0.25, 0.3) is 0 Å². The Labute approximate surface area is 150 Å². The fourth-order valence-corrected chi connectivity index (χ4v) is 5.24. The third kappa shape index (κ3) is 2.36. The first-order valence-corrected chi connectivity index (χ1v) is 9.56. The molecule has 0 aliphatic carbocycles. The zero-order valence-electron chi connectivity index (χ0n) is 13.7. The molecule has 0 N–H and O–H groups in total. The van der Waals surface area contributed by atoms with Crippen molar-refractivity contribution in [3.63, 3.8) is 0 Å². The van der Waals surface area contributed by atoms with Crippen LogP contribution in [0.5, 0.6) is 0 Å². The summed E-state index contributed by atoms with van der Waals surface area (Å²) in [7, 11) is 0.716. The summed E-state index contributed by atoms with van der Waals surface area (Å²) in [6.07, 6.45) is 0. The Morgan fingerprint density at radius 1 is 0.440 bits per heavy atom. The molecule has 1 aliphatic heterocycles. The van der Waals surface area contributed by atoms with Gasteiger partial charge in [0, 0.05) is 0 Å². The molecule has 4 aromatic rings. The molecule has 0 atom stereocenters. The lowest BCUT2D eigenvalue weighted by Gasteiger charge is -2.16. The molecular weight excluding hydrogens is 316 g/mol. The van der Waals surface area contributed by atoms with Crippen molar-refractivity contribution in [2.75, 3.05) is 0 Å². The van der Waals surface area contributed by atoms with Gasteiger partial charge in [-0.15, -0.1) is 0 Å². The van der Waals surface area contributed by atoms with Gasteiger partial charge in [-0.2, -0.15) is 0 Å². The standard InChI is InChI=1S/C24H16Si/c1-3-9-17(10-4-1)19-15-16-21-20-13-7-8-14-22(20)25-24(21)23(19)18-11-5-2-6-12-18/h1-16H. The van der Waals surface area contributed by atoms with Gasteiger partial charge in [0.05, 0.1) is 0 Å². The second-order valence-electron chi connectivity index (χ2n) is 6.31. The van der Waals surface area contributed by atoms with E-state index >= 15 is 0 Å². The molecule has 0 aromatic heterocycles. The third-order valence-corrected chi connectivity index (χ3v) is 6.30. The van der Waals surface area contributed by atoms with Crippen LogP contribution in [0, 0.1) is 0 Å². The summed E-state index contributed by atoms with van der Waals surface area (Å²) in [5.41, 5.74) is 8.09. The number of hydrogen-bond acceptors (Lipinski definition) is 0. The number of benzene rings is 4. The first kappa shape index (κ1) is 14.4. The molecule has 0 nitrogen and oxygen atoms in total. The Morgan fingerprint density at radius 3 is 1.80 bits per heavy atom. The van der Waals surface area contributed by atoms with E-state index in [4.69, 9.17) is 0 Å². The van der Waals surface area contributed by atoms with Crippen molar-refractivity contribution >= 4 is 19.9 Å². The van der Waals surface area contributed by atoms with Crippen LogP contribution in [0.3, 0.4) is 0 Å². The maximum absolute atomic E-state index is 2.31. The molecule has 0 saturated carbocycles. The summed E-state index contributed by atoms with van der Waals surface area (Å²) >= 11 is 0. The van der Waals surface area contributed by atoms with Crippen molar-refractivity contribution in [1.82, 2.24) is 0 Å². The highest BCUT2D eigenvalue weighted by Gasteiger charge is 2.24. The maximum atomic E-state index is 2.31. The summed E-state index contributed by atoms with van der Waals surface area (Å²) in [6, 6.07) is 35.0. The van der Waals surface area contributed by atoms with Gasteiger partial charge in [0.15, 0.2) is 0 Å². The van der Waals surface area contributed by atoms with Crippen LogP contribution in [0.4, 0.5) is 0 Å². The SMILES string of the molecule is c1ccc(-c2ccc3c(c2-c2ccccc2)[Si]c2ccccc2-3)cc1. The van der Waals surface area contributed by atoms with Crippen molar-refractivity contribution < 1.29 is 0 Å². The molecule has 116 valence electrons. The molecular formula is C24H16Si. The quantitative estimate of drug-likeness (QED) is 0.413. The molecule has 1 heterocycles. The van der Waals surface area contributed by atoms with Crippen LogP contribution in [-0.4, -0.2) is 9.52 Å². The molecule has 0 unspecified atom stereocenters. The lowest BCUT2D eigenvalue weighted by Crippen LogP contribution is -2.23. The smallest absolute Gasteiger partial charge is 0.0625 e. The lowest BCUT2D eigenvalue weighted by molar-refractivity contribution is 1.60. The monoisotopic (exact) mass is 332 g/mol. The predicted octanol–water partition coefficient (Wildman–Crippen LogP) is 4.66. The number of rotatable bonds is 2. The molecule has 1 aliphatic rings. The zero-order chi connectivity index (χ0) is 16.6. The average Bonchev–Trinajstić information content (AvgIpc) is 3.07. The van der Waals surface area contributed by atoms with Gasteiger partial charge in [0.2, 0.25) is 0 Å².